The normalized spacial score (nSPS) is 37.4. The fourth-order valence-corrected chi connectivity index (χ4v) is 12.3. The molecule has 5 aliphatic rings. The van der Waals surface area contributed by atoms with Crippen molar-refractivity contribution in [2.24, 2.45) is 35.5 Å². The first-order valence-electron chi connectivity index (χ1n) is 29.3. The van der Waals surface area contributed by atoms with Gasteiger partial charge in [0.15, 0.2) is 5.78 Å². The maximum Gasteiger partial charge on any atom is 0.329 e. The molecule has 1 amide bonds. The second kappa shape index (κ2) is 32.1. The molecule has 4 heterocycles. The van der Waals surface area contributed by atoms with Crippen LogP contribution in [0, 0.1) is 35.5 Å². The number of aliphatic hydroxyl groups is 3. The SMILES string of the molecule is CO[C@@H]1C[C@H](C[C@@H](C)[C@@H]2CC(=O)[C@H](C)/C=C(\C)[C@@H](O)[C@@H](OC)C(=O)[C@H](C)C[C@H](C)/C=C/C=C/C=C(\C)C(OCCO)C[C@@H]3CC[C@@H](C)[C@@](O)(O3)C(=O)C(=O)N3CCCCC3C(=O)O2)CC[C@H]1OCCCCN1CCCCC1. The molecule has 5 rings (SSSR count). The molecule has 1 aliphatic carbocycles. The highest BCUT2D eigenvalue weighted by Crippen LogP contribution is 2.38. The lowest BCUT2D eigenvalue weighted by Crippen LogP contribution is -2.61. The van der Waals surface area contributed by atoms with Crippen LogP contribution in [0.25, 0.3) is 0 Å². The van der Waals surface area contributed by atoms with E-state index in [1.807, 2.05) is 58.1 Å². The standard InChI is InChI=1S/C61H98N2O14/c1-40-20-12-10-13-21-41(2)52(75-33-31-64)38-48-25-23-46(7)61(71,77-48)58(68)59(69)63-30-17-14-22-49(63)60(70)76-53(39-50(65)42(3)35-45(6)56(67)57(73-9)55(66)44(5)34-40)43(4)36-47-24-26-51(54(37-47)72-8)74-32-19-18-29-62-27-15-11-16-28-62/h10,12-13,20-21,35,40,42-44,46-49,51-54,56-57,64,67,71H,11,14-19,22-34,36-39H2,1-9H3/b13-10+,20-12+,41-21+,45-35+/t40-,42-,43-,44-,46-,47+,48+,49?,51-,52?,53+,54-,56-,57+,61-/m1/s1. The lowest BCUT2D eigenvalue weighted by atomic mass is 9.78. The van der Waals surface area contributed by atoms with E-state index in [0.717, 1.165) is 44.2 Å². The Labute approximate surface area is 460 Å². The second-order valence-electron chi connectivity index (χ2n) is 23.4. The molecular formula is C61H98N2O14. The van der Waals surface area contributed by atoms with Gasteiger partial charge in [-0.25, -0.2) is 4.79 Å². The number of carbonyl (C=O) groups is 5. The van der Waals surface area contributed by atoms with Crippen molar-refractivity contribution >= 4 is 29.2 Å². The molecule has 16 nitrogen and oxygen atoms in total. The molecule has 2 unspecified atom stereocenters. The Kier molecular flexibility index (Phi) is 26.8. The number of unbranched alkanes of at least 4 members (excludes halogenated alkanes) is 1. The zero-order chi connectivity index (χ0) is 56.2. The van der Waals surface area contributed by atoms with Crippen molar-refractivity contribution in [1.82, 2.24) is 9.80 Å². The summed E-state index contributed by atoms with van der Waals surface area (Å²) in [4.78, 5) is 75.5. The second-order valence-corrected chi connectivity index (χ2v) is 23.4. The minimum absolute atomic E-state index is 0.00642. The number of Topliss-reactive ketones (excluding diaryl/α,β-unsaturated/α-hetero) is 3. The Morgan fingerprint density at radius 3 is 2.25 bits per heavy atom. The molecule has 15 atom stereocenters. The largest absolute Gasteiger partial charge is 0.460 e. The quantitative estimate of drug-likeness (QED) is 0.0656. The Balaban J connectivity index is 1.40. The number of nitrogens with zero attached hydrogens (tertiary/aromatic N) is 2. The van der Waals surface area contributed by atoms with Gasteiger partial charge in [0.05, 0.1) is 37.6 Å². The van der Waals surface area contributed by atoms with Crippen LogP contribution in [0.4, 0.5) is 0 Å². The van der Waals surface area contributed by atoms with E-state index >= 15 is 0 Å². The topological polar surface area (TPSA) is 208 Å². The predicted octanol–water partition coefficient (Wildman–Crippen LogP) is 7.83. The van der Waals surface area contributed by atoms with Gasteiger partial charge in [-0.15, -0.1) is 0 Å². The van der Waals surface area contributed by atoms with E-state index < -0.39 is 77.8 Å². The van der Waals surface area contributed by atoms with Crippen LogP contribution in [0.5, 0.6) is 0 Å². The number of hydrogen-bond donors (Lipinski definition) is 3. The first kappa shape index (κ1) is 64.4. The van der Waals surface area contributed by atoms with E-state index in [-0.39, 0.29) is 80.5 Å². The number of methoxy groups -OCH3 is 2. The van der Waals surface area contributed by atoms with Crippen molar-refractivity contribution < 1.29 is 67.7 Å². The van der Waals surface area contributed by atoms with Crippen LogP contribution in [0.15, 0.2) is 47.6 Å². The Morgan fingerprint density at radius 1 is 0.792 bits per heavy atom. The van der Waals surface area contributed by atoms with Gasteiger partial charge in [-0.3, -0.25) is 19.2 Å². The van der Waals surface area contributed by atoms with Gasteiger partial charge < -0.3 is 53.5 Å². The molecular weight excluding hydrogens is 985 g/mol. The Hall–Kier alpha value is -3.45. The van der Waals surface area contributed by atoms with Crippen LogP contribution in [0.3, 0.4) is 0 Å². The number of allylic oxidation sites excluding steroid dienone is 6. The summed E-state index contributed by atoms with van der Waals surface area (Å²) in [6.45, 7) is 16.8. The fourth-order valence-electron chi connectivity index (χ4n) is 12.3. The van der Waals surface area contributed by atoms with E-state index in [2.05, 4.69) is 4.90 Å². The lowest BCUT2D eigenvalue weighted by Gasteiger charge is -2.43. The van der Waals surface area contributed by atoms with Crippen molar-refractivity contribution in [2.45, 2.75) is 212 Å². The monoisotopic (exact) mass is 1080 g/mol. The van der Waals surface area contributed by atoms with Gasteiger partial charge in [-0.2, -0.15) is 0 Å². The number of hydrogen-bond acceptors (Lipinski definition) is 15. The Bertz CT molecular complexity index is 2020. The van der Waals surface area contributed by atoms with Gasteiger partial charge in [0, 0.05) is 58.0 Å². The number of likely N-dealkylation sites (tertiary alicyclic amines) is 1. The van der Waals surface area contributed by atoms with Crippen LogP contribution < -0.4 is 0 Å². The van der Waals surface area contributed by atoms with E-state index in [1.54, 1.807) is 34.0 Å². The molecule has 4 aliphatic heterocycles. The van der Waals surface area contributed by atoms with E-state index in [9.17, 15) is 39.3 Å². The number of aliphatic hydroxyl groups excluding tert-OH is 2. The number of rotatable bonds is 14. The van der Waals surface area contributed by atoms with Gasteiger partial charge in [-0.1, -0.05) is 77.5 Å². The molecule has 1 saturated carbocycles. The lowest BCUT2D eigenvalue weighted by molar-refractivity contribution is -0.266. The average molecular weight is 1080 g/mol. The maximum absolute atomic E-state index is 14.6. The summed E-state index contributed by atoms with van der Waals surface area (Å²) >= 11 is 0. The summed E-state index contributed by atoms with van der Waals surface area (Å²) in [7, 11) is 3.10. The fraction of sp³-hybridized carbons (Fsp3) is 0.787. The molecule has 2 bridgehead atoms. The number of esters is 1. The van der Waals surface area contributed by atoms with Crippen molar-refractivity contribution in [3.63, 3.8) is 0 Å². The van der Waals surface area contributed by atoms with Crippen molar-refractivity contribution in [3.8, 4) is 0 Å². The highest BCUT2D eigenvalue weighted by Gasteiger charge is 2.53. The van der Waals surface area contributed by atoms with Gasteiger partial charge in [0.25, 0.3) is 11.7 Å². The number of piperidine rings is 2. The minimum Gasteiger partial charge on any atom is -0.460 e. The molecule has 0 aromatic heterocycles. The third kappa shape index (κ3) is 18.8. The van der Waals surface area contributed by atoms with Gasteiger partial charge >= 0.3 is 5.97 Å². The molecule has 3 saturated heterocycles. The molecule has 4 fully saturated rings. The number of fused-ring (bicyclic) bond motifs is 3. The molecule has 3 N–H and O–H groups in total. The highest BCUT2D eigenvalue weighted by atomic mass is 16.6. The van der Waals surface area contributed by atoms with Crippen LogP contribution >= 0.6 is 0 Å². The molecule has 0 radical (unpaired) electrons. The Morgan fingerprint density at radius 2 is 1.53 bits per heavy atom. The van der Waals surface area contributed by atoms with Crippen LogP contribution in [0.1, 0.15) is 158 Å². The summed E-state index contributed by atoms with van der Waals surface area (Å²) in [5, 5.41) is 33.4. The van der Waals surface area contributed by atoms with Gasteiger partial charge in [-0.05, 0) is 152 Å². The van der Waals surface area contributed by atoms with Gasteiger partial charge in [0.2, 0.25) is 5.79 Å². The summed E-state index contributed by atoms with van der Waals surface area (Å²) in [5.41, 5.74) is 1.20. The third-order valence-corrected chi connectivity index (χ3v) is 17.2. The molecule has 16 heteroatoms. The number of amides is 1. The number of ether oxygens (including phenoxy) is 6. The number of ketones is 3. The molecule has 0 spiro atoms. The summed E-state index contributed by atoms with van der Waals surface area (Å²) in [5.74, 6) is -8.00. The summed E-state index contributed by atoms with van der Waals surface area (Å²) in [6.07, 6.45) is 18.0. The zero-order valence-electron chi connectivity index (χ0n) is 48.2. The average Bonchev–Trinajstić information content (AvgIpc) is 3.42. The van der Waals surface area contributed by atoms with Crippen LogP contribution in [-0.4, -0.2) is 169 Å². The first-order valence-corrected chi connectivity index (χ1v) is 29.3. The number of carbonyl (C=O) groups excluding carboxylic acids is 5. The summed E-state index contributed by atoms with van der Waals surface area (Å²) < 4.78 is 36.8. The maximum atomic E-state index is 14.6. The van der Waals surface area contributed by atoms with Crippen molar-refractivity contribution in [2.75, 3.05) is 60.2 Å². The first-order chi connectivity index (χ1) is 36.8. The molecule has 436 valence electrons. The van der Waals surface area contributed by atoms with Crippen molar-refractivity contribution in [1.29, 1.82) is 0 Å². The van der Waals surface area contributed by atoms with Crippen molar-refractivity contribution in [3.05, 3.63) is 47.6 Å². The smallest absolute Gasteiger partial charge is 0.329 e. The molecule has 0 aromatic rings. The highest BCUT2D eigenvalue weighted by molar-refractivity contribution is 6.39. The van der Waals surface area contributed by atoms with Crippen LogP contribution in [-0.2, 0) is 52.4 Å². The predicted molar refractivity (Wildman–Crippen MR) is 294 cm³/mol. The summed E-state index contributed by atoms with van der Waals surface area (Å²) in [6, 6.07) is -1.15. The third-order valence-electron chi connectivity index (χ3n) is 17.2. The van der Waals surface area contributed by atoms with E-state index in [0.29, 0.717) is 50.7 Å². The van der Waals surface area contributed by atoms with E-state index in [1.165, 1.54) is 44.4 Å². The molecule has 77 heavy (non-hydrogen) atoms. The zero-order valence-corrected chi connectivity index (χ0v) is 48.2. The minimum atomic E-state index is -2.48. The van der Waals surface area contributed by atoms with E-state index in [4.69, 9.17) is 28.4 Å². The van der Waals surface area contributed by atoms with Crippen LogP contribution in [0.2, 0.25) is 0 Å². The van der Waals surface area contributed by atoms with Gasteiger partial charge in [0.1, 0.15) is 30.1 Å². The number of cyclic esters (lactones) is 1. The molecule has 0 aromatic carbocycles.